The van der Waals surface area contributed by atoms with Gasteiger partial charge in [0.25, 0.3) is 0 Å². The number of benzene rings is 1. The first-order valence-corrected chi connectivity index (χ1v) is 8.84. The van der Waals surface area contributed by atoms with Crippen molar-refractivity contribution < 1.29 is 0 Å². The topological polar surface area (TPSA) is 49.3 Å². The van der Waals surface area contributed by atoms with Gasteiger partial charge in [0.1, 0.15) is 0 Å². The Morgan fingerprint density at radius 1 is 1.21 bits per heavy atom. The minimum absolute atomic E-state index is 0. The molecule has 0 radical (unpaired) electrons. The molecule has 24 heavy (non-hydrogen) atoms. The number of thiazole rings is 1. The third kappa shape index (κ3) is 6.39. The van der Waals surface area contributed by atoms with Crippen LogP contribution in [0.2, 0.25) is 0 Å². The van der Waals surface area contributed by atoms with Gasteiger partial charge in [0.15, 0.2) is 5.96 Å². The number of aromatic nitrogens is 1. The van der Waals surface area contributed by atoms with Crippen molar-refractivity contribution in [3.05, 3.63) is 51.5 Å². The fourth-order valence-electron chi connectivity index (χ4n) is 2.30. The van der Waals surface area contributed by atoms with Gasteiger partial charge in [-0.15, -0.1) is 35.3 Å². The average molecular weight is 458 g/mol. The summed E-state index contributed by atoms with van der Waals surface area (Å²) in [6.07, 6.45) is 0.925. The Bertz CT molecular complexity index is 620. The second-order valence-corrected chi connectivity index (χ2v) is 6.98. The van der Waals surface area contributed by atoms with E-state index in [-0.39, 0.29) is 24.0 Å². The molecule has 4 nitrogen and oxygen atoms in total. The van der Waals surface area contributed by atoms with E-state index in [4.69, 9.17) is 0 Å². The SMILES string of the molecule is CN=C(NCCc1nc(C)c(C)s1)NCC(C)c1ccccc1.I. The fourth-order valence-corrected chi connectivity index (χ4v) is 3.24. The first kappa shape index (κ1) is 20.9. The summed E-state index contributed by atoms with van der Waals surface area (Å²) in [5, 5.41) is 7.93. The molecule has 132 valence electrons. The number of rotatable bonds is 6. The molecule has 1 heterocycles. The lowest BCUT2D eigenvalue weighted by Gasteiger charge is -2.16. The predicted molar refractivity (Wildman–Crippen MR) is 115 cm³/mol. The van der Waals surface area contributed by atoms with Crippen LogP contribution < -0.4 is 10.6 Å². The standard InChI is InChI=1S/C18H26N4S.HI/c1-13(16-8-6-5-7-9-16)12-21-18(19-4)20-11-10-17-22-14(2)15(3)23-17;/h5-9,13H,10-12H2,1-4H3,(H2,19,20,21);1H. The van der Waals surface area contributed by atoms with Gasteiger partial charge in [-0.2, -0.15) is 0 Å². The normalized spacial score (nSPS) is 12.4. The first-order valence-electron chi connectivity index (χ1n) is 8.02. The molecule has 0 amide bonds. The molecule has 6 heteroatoms. The number of hydrogen-bond acceptors (Lipinski definition) is 3. The Morgan fingerprint density at radius 3 is 2.50 bits per heavy atom. The van der Waals surface area contributed by atoms with E-state index in [9.17, 15) is 0 Å². The summed E-state index contributed by atoms with van der Waals surface area (Å²) in [6, 6.07) is 10.5. The van der Waals surface area contributed by atoms with Crippen molar-refractivity contribution in [2.45, 2.75) is 33.1 Å². The number of aliphatic imine (C=N–C) groups is 1. The predicted octanol–water partition coefficient (Wildman–Crippen LogP) is 3.89. The van der Waals surface area contributed by atoms with E-state index in [1.54, 1.807) is 18.4 Å². The van der Waals surface area contributed by atoms with E-state index < -0.39 is 0 Å². The molecule has 1 unspecified atom stereocenters. The Kier molecular flexibility index (Phi) is 9.28. The highest BCUT2D eigenvalue weighted by Crippen LogP contribution is 2.16. The molecular formula is C18H27IN4S. The van der Waals surface area contributed by atoms with Gasteiger partial charge in [0, 0.05) is 31.4 Å². The van der Waals surface area contributed by atoms with Crippen LogP contribution in [-0.2, 0) is 6.42 Å². The maximum Gasteiger partial charge on any atom is 0.191 e. The molecular weight excluding hydrogens is 431 g/mol. The summed E-state index contributed by atoms with van der Waals surface area (Å²) >= 11 is 1.78. The van der Waals surface area contributed by atoms with Crippen LogP contribution in [0.15, 0.2) is 35.3 Å². The summed E-state index contributed by atoms with van der Waals surface area (Å²) < 4.78 is 0. The van der Waals surface area contributed by atoms with Crippen molar-refractivity contribution in [3.63, 3.8) is 0 Å². The number of aryl methyl sites for hydroxylation is 2. The Morgan fingerprint density at radius 2 is 1.92 bits per heavy atom. The molecule has 1 aromatic heterocycles. The first-order chi connectivity index (χ1) is 11.1. The average Bonchev–Trinajstić information content (AvgIpc) is 2.89. The molecule has 0 fully saturated rings. The van der Waals surface area contributed by atoms with Crippen LogP contribution in [-0.4, -0.2) is 31.1 Å². The van der Waals surface area contributed by atoms with Crippen LogP contribution >= 0.6 is 35.3 Å². The van der Waals surface area contributed by atoms with Gasteiger partial charge >= 0.3 is 0 Å². The molecule has 1 aromatic carbocycles. The largest absolute Gasteiger partial charge is 0.356 e. The Balaban J connectivity index is 0.00000288. The zero-order valence-corrected chi connectivity index (χ0v) is 17.9. The quantitative estimate of drug-likeness (QED) is 0.393. The smallest absolute Gasteiger partial charge is 0.191 e. The highest BCUT2D eigenvalue weighted by atomic mass is 127. The second-order valence-electron chi connectivity index (χ2n) is 5.69. The summed E-state index contributed by atoms with van der Waals surface area (Å²) in [4.78, 5) is 10.2. The third-order valence-corrected chi connectivity index (χ3v) is 5.00. The molecule has 2 N–H and O–H groups in total. The van der Waals surface area contributed by atoms with Crippen molar-refractivity contribution in [2.24, 2.45) is 4.99 Å². The minimum atomic E-state index is 0. The maximum atomic E-state index is 4.57. The van der Waals surface area contributed by atoms with Crippen LogP contribution in [0.25, 0.3) is 0 Å². The number of nitrogens with one attached hydrogen (secondary N) is 2. The molecule has 1 atom stereocenters. The number of halogens is 1. The van der Waals surface area contributed by atoms with Crippen LogP contribution in [0.1, 0.15) is 34.0 Å². The van der Waals surface area contributed by atoms with Gasteiger partial charge in [-0.05, 0) is 25.3 Å². The number of nitrogens with zero attached hydrogens (tertiary/aromatic N) is 2. The van der Waals surface area contributed by atoms with E-state index in [0.717, 1.165) is 31.2 Å². The highest BCUT2D eigenvalue weighted by Gasteiger charge is 2.07. The van der Waals surface area contributed by atoms with Crippen molar-refractivity contribution in [2.75, 3.05) is 20.1 Å². The van der Waals surface area contributed by atoms with Crippen LogP contribution in [0.4, 0.5) is 0 Å². The lowest BCUT2D eigenvalue weighted by atomic mass is 10.0. The monoisotopic (exact) mass is 458 g/mol. The van der Waals surface area contributed by atoms with Gasteiger partial charge in [-0.25, -0.2) is 4.98 Å². The van der Waals surface area contributed by atoms with Crippen molar-refractivity contribution in [1.82, 2.24) is 15.6 Å². The zero-order valence-electron chi connectivity index (χ0n) is 14.8. The van der Waals surface area contributed by atoms with E-state index in [0.29, 0.717) is 5.92 Å². The molecule has 0 spiro atoms. The van der Waals surface area contributed by atoms with Gasteiger partial charge in [0.2, 0.25) is 0 Å². The van der Waals surface area contributed by atoms with E-state index >= 15 is 0 Å². The Hall–Kier alpha value is -1.15. The van der Waals surface area contributed by atoms with Crippen molar-refractivity contribution >= 4 is 41.3 Å². The van der Waals surface area contributed by atoms with Gasteiger partial charge in [0.05, 0.1) is 10.7 Å². The number of guanidine groups is 1. The summed E-state index contributed by atoms with van der Waals surface area (Å²) in [5.41, 5.74) is 2.48. The zero-order chi connectivity index (χ0) is 16.7. The maximum absolute atomic E-state index is 4.57. The highest BCUT2D eigenvalue weighted by molar-refractivity contribution is 14.0. The molecule has 0 aliphatic rings. The lowest BCUT2D eigenvalue weighted by molar-refractivity contribution is 0.697. The van der Waals surface area contributed by atoms with E-state index in [1.165, 1.54) is 15.4 Å². The molecule has 0 aliphatic heterocycles. The summed E-state index contributed by atoms with van der Waals surface area (Å²) in [5.74, 6) is 1.29. The van der Waals surface area contributed by atoms with Crippen molar-refractivity contribution in [3.8, 4) is 0 Å². The minimum Gasteiger partial charge on any atom is -0.356 e. The molecule has 2 rings (SSSR count). The summed E-state index contributed by atoms with van der Waals surface area (Å²) in [6.45, 7) is 8.10. The lowest BCUT2D eigenvalue weighted by Crippen LogP contribution is -2.39. The summed E-state index contributed by atoms with van der Waals surface area (Å²) in [7, 11) is 1.81. The fraction of sp³-hybridized carbons (Fsp3) is 0.444. The molecule has 2 aromatic rings. The van der Waals surface area contributed by atoms with Crippen molar-refractivity contribution in [1.29, 1.82) is 0 Å². The van der Waals surface area contributed by atoms with Gasteiger partial charge in [-0.3, -0.25) is 4.99 Å². The van der Waals surface area contributed by atoms with Gasteiger partial charge in [-0.1, -0.05) is 37.3 Å². The Labute approximate surface area is 166 Å². The second kappa shape index (κ2) is 10.7. The third-order valence-electron chi connectivity index (χ3n) is 3.87. The molecule has 0 saturated carbocycles. The molecule has 0 saturated heterocycles. The van der Waals surface area contributed by atoms with Gasteiger partial charge < -0.3 is 10.6 Å². The molecule has 0 aliphatic carbocycles. The van der Waals surface area contributed by atoms with E-state index in [1.807, 2.05) is 6.07 Å². The van der Waals surface area contributed by atoms with Crippen LogP contribution in [0.3, 0.4) is 0 Å². The van der Waals surface area contributed by atoms with E-state index in [2.05, 4.69) is 65.6 Å². The number of hydrogen-bond donors (Lipinski definition) is 2. The van der Waals surface area contributed by atoms with Crippen LogP contribution in [0.5, 0.6) is 0 Å². The molecule has 0 bridgehead atoms. The van der Waals surface area contributed by atoms with Crippen LogP contribution in [0, 0.1) is 13.8 Å².